The van der Waals surface area contributed by atoms with Crippen LogP contribution in [-0.4, -0.2) is 104 Å². The Balaban J connectivity index is 1.40. The Labute approximate surface area is 229 Å². The van der Waals surface area contributed by atoms with E-state index in [0.29, 0.717) is 26.2 Å². The first kappa shape index (κ1) is 29.2. The van der Waals surface area contributed by atoms with Crippen molar-refractivity contribution in [2.45, 2.75) is 31.4 Å². The summed E-state index contributed by atoms with van der Waals surface area (Å²) in [7, 11) is 1.45. The molecule has 2 aliphatic rings. The van der Waals surface area contributed by atoms with Gasteiger partial charge in [0.15, 0.2) is 11.6 Å². The highest BCUT2D eigenvalue weighted by Crippen LogP contribution is 2.22. The number of carbonyl (C=O) groups is 1. The molecule has 1 atom stereocenters. The number of hydrogen-bond donors (Lipinski definition) is 1. The van der Waals surface area contributed by atoms with Crippen molar-refractivity contribution in [1.29, 1.82) is 0 Å². The Bertz CT molecular complexity index is 1080. The Morgan fingerprint density at radius 3 is 2.49 bits per heavy atom. The molecular weight excluding hydrogens is 508 g/mol. The highest BCUT2D eigenvalue weighted by atomic mass is 19.2. The maximum absolute atomic E-state index is 13.7. The largest absolute Gasteiger partial charge is 0.492 e. The number of nitrogens with zero attached hydrogens (tertiary/aromatic N) is 3. The number of carbonyl (C=O) groups excluding carboxylic acids is 1. The number of halogens is 2. The summed E-state index contributed by atoms with van der Waals surface area (Å²) in [6.45, 7) is 5.20. The lowest BCUT2D eigenvalue weighted by Crippen LogP contribution is -2.52. The average molecular weight is 548 g/mol. The topological polar surface area (TPSA) is 74.7 Å². The maximum atomic E-state index is 13.7. The highest BCUT2D eigenvalue weighted by Gasteiger charge is 2.37. The van der Waals surface area contributed by atoms with Crippen molar-refractivity contribution in [1.82, 2.24) is 14.7 Å². The molecule has 2 fully saturated rings. The number of hydrogen-bond acceptors (Lipinski definition) is 7. The second-order valence-electron chi connectivity index (χ2n) is 10.4. The van der Waals surface area contributed by atoms with Crippen molar-refractivity contribution >= 4 is 5.91 Å². The van der Waals surface area contributed by atoms with Crippen LogP contribution in [0.5, 0.6) is 11.5 Å². The number of methoxy groups -OCH3 is 1. The molecule has 0 aromatic heterocycles. The van der Waals surface area contributed by atoms with E-state index in [1.165, 1.54) is 32.4 Å². The second kappa shape index (κ2) is 14.0. The molecule has 1 N–H and O–H groups in total. The van der Waals surface area contributed by atoms with E-state index in [1.807, 2.05) is 24.3 Å². The lowest BCUT2D eigenvalue weighted by molar-refractivity contribution is -0.138. The minimum absolute atomic E-state index is 0.0228. The van der Waals surface area contributed by atoms with Gasteiger partial charge in [0, 0.05) is 45.9 Å². The third kappa shape index (κ3) is 8.86. The monoisotopic (exact) mass is 547 g/mol. The number of likely N-dealkylation sites (tertiary alicyclic amines) is 1. The number of β-amino-alcohol motifs (C(OH)–C–C–N with tert-alkyl or cyclic N) is 1. The quantitative estimate of drug-likeness (QED) is 0.464. The zero-order valence-corrected chi connectivity index (χ0v) is 22.6. The van der Waals surface area contributed by atoms with Crippen molar-refractivity contribution in [3.8, 4) is 11.5 Å². The Morgan fingerprint density at radius 2 is 1.72 bits per heavy atom. The maximum Gasteiger partial charge on any atom is 0.248 e. The minimum atomic E-state index is -1.45. The number of piperidine rings is 1. The van der Waals surface area contributed by atoms with Crippen molar-refractivity contribution in [2.24, 2.45) is 0 Å². The Morgan fingerprint density at radius 1 is 0.923 bits per heavy atom. The molecule has 0 aliphatic carbocycles. The van der Waals surface area contributed by atoms with E-state index in [0.717, 1.165) is 43.1 Å². The molecule has 2 saturated heterocycles. The molecule has 1 amide bonds. The Kier molecular flexibility index (Phi) is 10.5. The summed E-state index contributed by atoms with van der Waals surface area (Å²) in [6.07, 6.45) is 3.80. The molecule has 2 aromatic carbocycles. The molecule has 2 aromatic rings. The van der Waals surface area contributed by atoms with E-state index in [4.69, 9.17) is 14.2 Å². The lowest BCUT2D eigenvalue weighted by atomic mass is 10.0. The van der Waals surface area contributed by atoms with Crippen molar-refractivity contribution < 1.29 is 32.9 Å². The molecule has 10 heteroatoms. The van der Waals surface area contributed by atoms with Crippen molar-refractivity contribution in [3.63, 3.8) is 0 Å². The van der Waals surface area contributed by atoms with Crippen molar-refractivity contribution in [3.05, 3.63) is 59.7 Å². The zero-order valence-electron chi connectivity index (χ0n) is 22.6. The molecule has 0 bridgehead atoms. The van der Waals surface area contributed by atoms with Crippen LogP contribution in [-0.2, 0) is 16.1 Å². The number of aliphatic hydroxyl groups is 1. The number of benzene rings is 2. The van der Waals surface area contributed by atoms with Gasteiger partial charge in [0.2, 0.25) is 5.91 Å². The summed E-state index contributed by atoms with van der Waals surface area (Å²) in [6, 6.07) is 11.1. The van der Waals surface area contributed by atoms with Crippen LogP contribution in [0.15, 0.2) is 42.5 Å². The summed E-state index contributed by atoms with van der Waals surface area (Å²) in [5.74, 6) is -1.35. The fourth-order valence-corrected chi connectivity index (χ4v) is 5.15. The molecular formula is C29H39F2N3O5. The van der Waals surface area contributed by atoms with Gasteiger partial charge in [0.05, 0.1) is 6.54 Å². The van der Waals surface area contributed by atoms with E-state index in [-0.39, 0.29) is 38.0 Å². The fourth-order valence-electron chi connectivity index (χ4n) is 5.15. The van der Waals surface area contributed by atoms with E-state index in [1.54, 1.807) is 4.90 Å². The van der Waals surface area contributed by atoms with Gasteiger partial charge in [-0.1, -0.05) is 18.6 Å². The third-order valence-corrected chi connectivity index (χ3v) is 7.14. The molecule has 214 valence electrons. The molecule has 8 nitrogen and oxygen atoms in total. The minimum Gasteiger partial charge on any atom is -0.492 e. The van der Waals surface area contributed by atoms with Crippen LogP contribution in [0.1, 0.15) is 24.8 Å². The first-order valence-corrected chi connectivity index (χ1v) is 13.6. The molecule has 0 unspecified atom stereocenters. The van der Waals surface area contributed by atoms with Crippen LogP contribution in [0, 0.1) is 11.6 Å². The first-order valence-electron chi connectivity index (χ1n) is 13.6. The summed E-state index contributed by atoms with van der Waals surface area (Å²) < 4.78 is 43.7. The van der Waals surface area contributed by atoms with Crippen LogP contribution in [0.25, 0.3) is 0 Å². The number of amides is 1. The van der Waals surface area contributed by atoms with Gasteiger partial charge >= 0.3 is 0 Å². The van der Waals surface area contributed by atoms with Gasteiger partial charge in [-0.25, -0.2) is 8.78 Å². The fraction of sp³-hybridized carbons (Fsp3) is 0.552. The van der Waals surface area contributed by atoms with E-state index in [9.17, 15) is 18.7 Å². The Hall–Kier alpha value is -2.79. The lowest BCUT2D eigenvalue weighted by Gasteiger charge is -2.33. The van der Waals surface area contributed by atoms with Gasteiger partial charge in [-0.05, 0) is 55.8 Å². The van der Waals surface area contributed by atoms with Gasteiger partial charge in [0.25, 0.3) is 0 Å². The predicted octanol–water partition coefficient (Wildman–Crippen LogP) is 2.93. The molecule has 2 heterocycles. The molecule has 4 rings (SSSR count). The SMILES string of the molecule is COCC(=O)N1CCN(Cc2cccc(OCCN3CCCCC3)c2)C[C@](O)(COc2ccc(F)c(F)c2)C1. The number of rotatable bonds is 11. The smallest absolute Gasteiger partial charge is 0.248 e. The van der Waals surface area contributed by atoms with E-state index in [2.05, 4.69) is 9.80 Å². The first-order chi connectivity index (χ1) is 18.8. The standard InChI is InChI=1S/C29H39F2N3O5/c1-37-19-28(35)34-13-12-33(20-29(36,21-34)22-39-25-8-9-26(30)27(31)17-25)18-23-6-5-7-24(16-23)38-15-14-32-10-3-2-4-11-32/h5-9,16-17,36H,2-4,10-15,18-22H2,1H3/t29-/m1/s1. The average Bonchev–Trinajstić information content (AvgIpc) is 3.09. The van der Waals surface area contributed by atoms with Crippen LogP contribution >= 0.6 is 0 Å². The summed E-state index contributed by atoms with van der Waals surface area (Å²) in [4.78, 5) is 18.7. The molecule has 39 heavy (non-hydrogen) atoms. The van der Waals surface area contributed by atoms with Crippen LogP contribution in [0.4, 0.5) is 8.78 Å². The van der Waals surface area contributed by atoms with Gasteiger partial charge in [-0.15, -0.1) is 0 Å². The van der Waals surface area contributed by atoms with Gasteiger partial charge in [-0.2, -0.15) is 0 Å². The van der Waals surface area contributed by atoms with E-state index >= 15 is 0 Å². The molecule has 0 spiro atoms. The van der Waals surface area contributed by atoms with Gasteiger partial charge in [0.1, 0.15) is 36.9 Å². The van der Waals surface area contributed by atoms with Crippen molar-refractivity contribution in [2.75, 3.05) is 72.7 Å². The second-order valence-corrected chi connectivity index (χ2v) is 10.4. The van der Waals surface area contributed by atoms with Crippen LogP contribution in [0.2, 0.25) is 0 Å². The van der Waals surface area contributed by atoms with Gasteiger partial charge in [-0.3, -0.25) is 14.6 Å². The zero-order chi connectivity index (χ0) is 27.7. The molecule has 2 aliphatic heterocycles. The molecule has 0 radical (unpaired) electrons. The van der Waals surface area contributed by atoms with Crippen LogP contribution in [0.3, 0.4) is 0 Å². The summed E-state index contributed by atoms with van der Waals surface area (Å²) in [5, 5.41) is 11.6. The third-order valence-electron chi connectivity index (χ3n) is 7.14. The summed E-state index contributed by atoms with van der Waals surface area (Å²) in [5.41, 5.74) is -0.432. The highest BCUT2D eigenvalue weighted by molar-refractivity contribution is 5.77. The summed E-state index contributed by atoms with van der Waals surface area (Å²) >= 11 is 0. The van der Waals surface area contributed by atoms with Crippen LogP contribution < -0.4 is 9.47 Å². The predicted molar refractivity (Wildman–Crippen MR) is 143 cm³/mol. The van der Waals surface area contributed by atoms with Gasteiger partial charge < -0.3 is 24.2 Å². The normalized spacial score (nSPS) is 21.0. The van der Waals surface area contributed by atoms with E-state index < -0.39 is 17.2 Å². The number of ether oxygens (including phenoxy) is 3. The molecule has 0 saturated carbocycles.